The van der Waals surface area contributed by atoms with Gasteiger partial charge >= 0.3 is 0 Å². The number of hydrogen-bond donors (Lipinski definition) is 1. The fourth-order valence-electron chi connectivity index (χ4n) is 4.04. The average molecular weight is 481 g/mol. The Bertz CT molecular complexity index is 1290. The number of Topliss-reactive ketones (excluding diaryl/α,β-unsaturated/α-hetero) is 1. The molecule has 1 amide bonds. The van der Waals surface area contributed by atoms with E-state index < -0.39 is 35.1 Å². The third-order valence-corrected chi connectivity index (χ3v) is 5.67. The molecule has 1 saturated heterocycles. The summed E-state index contributed by atoms with van der Waals surface area (Å²) in [5.74, 6) is -2.64. The lowest BCUT2D eigenvalue weighted by atomic mass is 9.94. The number of anilines is 1. The fraction of sp³-hybridized carbons (Fsp3) is 0.154. The number of ketones is 1. The average Bonchev–Trinajstić information content (AvgIpc) is 3.13. The summed E-state index contributed by atoms with van der Waals surface area (Å²) in [5, 5.41) is 11.1. The highest BCUT2D eigenvalue weighted by Gasteiger charge is 2.47. The van der Waals surface area contributed by atoms with Crippen LogP contribution in [0.5, 0.6) is 17.2 Å². The molecule has 7 nitrogen and oxygen atoms in total. The zero-order valence-corrected chi connectivity index (χ0v) is 19.0. The minimum absolute atomic E-state index is 0.140. The molecule has 1 aliphatic heterocycles. The maximum atomic E-state index is 13.6. The van der Waals surface area contributed by atoms with Crippen molar-refractivity contribution < 1.29 is 37.7 Å². The summed E-state index contributed by atoms with van der Waals surface area (Å²) >= 11 is 0. The smallest absolute Gasteiger partial charge is 0.300 e. The van der Waals surface area contributed by atoms with Crippen molar-refractivity contribution in [3.05, 3.63) is 89.0 Å². The minimum Gasteiger partial charge on any atom is -0.507 e. The van der Waals surface area contributed by atoms with Crippen LogP contribution in [0.1, 0.15) is 17.2 Å². The first-order chi connectivity index (χ1) is 16.8. The number of halogens is 2. The Hall–Kier alpha value is -4.40. The van der Waals surface area contributed by atoms with Crippen molar-refractivity contribution in [1.82, 2.24) is 0 Å². The van der Waals surface area contributed by atoms with Gasteiger partial charge in [0.15, 0.2) is 11.5 Å². The van der Waals surface area contributed by atoms with Crippen molar-refractivity contribution in [2.45, 2.75) is 6.04 Å². The number of benzene rings is 3. The molecule has 0 bridgehead atoms. The Kier molecular flexibility index (Phi) is 6.42. The molecule has 0 spiro atoms. The van der Waals surface area contributed by atoms with Gasteiger partial charge in [0.1, 0.15) is 17.4 Å². The summed E-state index contributed by atoms with van der Waals surface area (Å²) in [5.41, 5.74) is 0.484. The first-order valence-corrected chi connectivity index (χ1v) is 10.4. The van der Waals surface area contributed by atoms with E-state index in [2.05, 4.69) is 0 Å². The van der Waals surface area contributed by atoms with E-state index in [0.29, 0.717) is 5.56 Å². The normalized spacial score (nSPS) is 16.9. The van der Waals surface area contributed by atoms with E-state index in [1.54, 1.807) is 12.1 Å². The molecule has 1 heterocycles. The van der Waals surface area contributed by atoms with Crippen LogP contribution in [0.15, 0.2) is 66.2 Å². The Morgan fingerprint density at radius 2 is 1.34 bits per heavy atom. The molecule has 180 valence electrons. The number of carbonyl (C=O) groups excluding carboxylic acids is 2. The van der Waals surface area contributed by atoms with E-state index in [4.69, 9.17) is 14.2 Å². The number of amides is 1. The predicted molar refractivity (Wildman–Crippen MR) is 124 cm³/mol. The van der Waals surface area contributed by atoms with E-state index in [0.717, 1.165) is 29.2 Å². The third-order valence-electron chi connectivity index (χ3n) is 5.67. The van der Waals surface area contributed by atoms with Gasteiger partial charge in [-0.3, -0.25) is 14.5 Å². The van der Waals surface area contributed by atoms with Crippen LogP contribution >= 0.6 is 0 Å². The zero-order valence-electron chi connectivity index (χ0n) is 19.0. The number of methoxy groups -OCH3 is 3. The summed E-state index contributed by atoms with van der Waals surface area (Å²) < 4.78 is 43.3. The number of hydrogen-bond acceptors (Lipinski definition) is 6. The lowest BCUT2D eigenvalue weighted by Gasteiger charge is -2.26. The van der Waals surface area contributed by atoms with Gasteiger partial charge in [0.25, 0.3) is 11.7 Å². The molecule has 3 aromatic rings. The predicted octanol–water partition coefficient (Wildman–Crippen LogP) is 4.62. The largest absolute Gasteiger partial charge is 0.507 e. The highest BCUT2D eigenvalue weighted by Crippen LogP contribution is 2.47. The Labute approximate surface area is 199 Å². The molecule has 9 heteroatoms. The number of aliphatic hydroxyl groups excluding tert-OH is 1. The molecule has 1 atom stereocenters. The van der Waals surface area contributed by atoms with E-state index in [1.165, 1.54) is 45.6 Å². The summed E-state index contributed by atoms with van der Waals surface area (Å²) in [6.07, 6.45) is 0. The summed E-state index contributed by atoms with van der Waals surface area (Å²) in [4.78, 5) is 27.6. The van der Waals surface area contributed by atoms with Crippen molar-refractivity contribution in [3.63, 3.8) is 0 Å². The van der Waals surface area contributed by atoms with Crippen LogP contribution in [-0.4, -0.2) is 38.1 Å². The molecule has 0 aliphatic carbocycles. The summed E-state index contributed by atoms with van der Waals surface area (Å²) in [7, 11) is 4.26. The molecule has 1 fully saturated rings. The van der Waals surface area contributed by atoms with E-state index >= 15 is 0 Å². The Morgan fingerprint density at radius 1 is 0.829 bits per heavy atom. The van der Waals surface area contributed by atoms with E-state index in [-0.39, 0.29) is 34.1 Å². The molecular formula is C26H21F2NO6. The first-order valence-electron chi connectivity index (χ1n) is 10.4. The standard InChI is InChI=1S/C26H21F2NO6/c1-33-19-12-15(13-20(34-2)25(19)35-3)22-21(23(30)14-4-6-16(27)7-5-14)24(31)26(32)29(22)18-10-8-17(28)9-11-18/h4-13,22,30H,1-3H3/b23-21+. The van der Waals surface area contributed by atoms with Gasteiger partial charge in [0, 0.05) is 11.3 Å². The molecule has 1 unspecified atom stereocenters. The van der Waals surface area contributed by atoms with Gasteiger partial charge in [-0.1, -0.05) is 0 Å². The van der Waals surface area contributed by atoms with Gasteiger partial charge in [0.05, 0.1) is 32.9 Å². The Balaban J connectivity index is 2.00. The minimum atomic E-state index is -1.14. The molecule has 4 rings (SSSR count). The van der Waals surface area contributed by atoms with Gasteiger partial charge in [-0.25, -0.2) is 8.78 Å². The quantitative estimate of drug-likeness (QED) is 0.314. The molecule has 1 aliphatic rings. The maximum Gasteiger partial charge on any atom is 0.300 e. The highest BCUT2D eigenvalue weighted by atomic mass is 19.1. The fourth-order valence-corrected chi connectivity index (χ4v) is 4.04. The number of ether oxygens (including phenoxy) is 3. The SMILES string of the molecule is COc1cc(C2/C(=C(\O)c3ccc(F)cc3)C(=O)C(=O)N2c2ccc(F)cc2)cc(OC)c1OC. The van der Waals surface area contributed by atoms with Crippen LogP contribution in [-0.2, 0) is 9.59 Å². The number of carbonyl (C=O) groups is 2. The van der Waals surface area contributed by atoms with Gasteiger partial charge in [-0.15, -0.1) is 0 Å². The summed E-state index contributed by atoms with van der Waals surface area (Å²) in [6, 6.07) is 11.8. The van der Waals surface area contributed by atoms with E-state index in [1.807, 2.05) is 0 Å². The van der Waals surface area contributed by atoms with Gasteiger partial charge in [0.2, 0.25) is 5.75 Å². The van der Waals surface area contributed by atoms with Crippen LogP contribution in [0.2, 0.25) is 0 Å². The summed E-state index contributed by atoms with van der Waals surface area (Å²) in [6.45, 7) is 0. The van der Waals surface area contributed by atoms with Crippen LogP contribution in [0.25, 0.3) is 5.76 Å². The van der Waals surface area contributed by atoms with Crippen molar-refractivity contribution in [2.75, 3.05) is 26.2 Å². The van der Waals surface area contributed by atoms with Crippen LogP contribution < -0.4 is 19.1 Å². The maximum absolute atomic E-state index is 13.6. The van der Waals surface area contributed by atoms with Gasteiger partial charge in [-0.2, -0.15) is 0 Å². The van der Waals surface area contributed by atoms with Crippen LogP contribution in [0.3, 0.4) is 0 Å². The molecule has 0 saturated carbocycles. The molecular weight excluding hydrogens is 460 g/mol. The second-order valence-corrected chi connectivity index (χ2v) is 7.61. The van der Waals surface area contributed by atoms with Gasteiger partial charge in [-0.05, 0) is 66.2 Å². The third kappa shape index (κ3) is 4.16. The van der Waals surface area contributed by atoms with Crippen molar-refractivity contribution in [3.8, 4) is 17.2 Å². The van der Waals surface area contributed by atoms with Crippen molar-refractivity contribution in [1.29, 1.82) is 0 Å². The zero-order chi connectivity index (χ0) is 25.3. The second-order valence-electron chi connectivity index (χ2n) is 7.61. The molecule has 0 aromatic heterocycles. The molecule has 35 heavy (non-hydrogen) atoms. The number of aliphatic hydroxyl groups is 1. The van der Waals surface area contributed by atoms with E-state index in [9.17, 15) is 23.5 Å². The lowest BCUT2D eigenvalue weighted by molar-refractivity contribution is -0.132. The second kappa shape index (κ2) is 9.46. The highest BCUT2D eigenvalue weighted by molar-refractivity contribution is 6.51. The van der Waals surface area contributed by atoms with Crippen molar-refractivity contribution >= 4 is 23.1 Å². The Morgan fingerprint density at radius 3 is 1.83 bits per heavy atom. The van der Waals surface area contributed by atoms with Crippen LogP contribution in [0.4, 0.5) is 14.5 Å². The van der Waals surface area contributed by atoms with Crippen LogP contribution in [0, 0.1) is 11.6 Å². The van der Waals surface area contributed by atoms with Gasteiger partial charge < -0.3 is 19.3 Å². The molecule has 0 radical (unpaired) electrons. The number of rotatable bonds is 6. The first kappa shape index (κ1) is 23.7. The molecule has 3 aromatic carbocycles. The van der Waals surface area contributed by atoms with Crippen molar-refractivity contribution in [2.24, 2.45) is 0 Å². The molecule has 1 N–H and O–H groups in total. The lowest BCUT2D eigenvalue weighted by Crippen LogP contribution is -2.29. The monoisotopic (exact) mass is 481 g/mol. The number of nitrogens with zero attached hydrogens (tertiary/aromatic N) is 1. The topological polar surface area (TPSA) is 85.3 Å².